The second kappa shape index (κ2) is 10.5. The minimum absolute atomic E-state index is 0.00900. The molecule has 2 aromatic carbocycles. The Hall–Kier alpha value is -3.06. The number of urea groups is 1. The van der Waals surface area contributed by atoms with E-state index >= 15 is 0 Å². The largest absolute Gasteiger partial charge is 0.497 e. The minimum Gasteiger partial charge on any atom is -0.497 e. The maximum absolute atomic E-state index is 12.6. The lowest BCUT2D eigenvalue weighted by molar-refractivity contribution is 0.0942. The van der Waals surface area contributed by atoms with Gasteiger partial charge in [-0.05, 0) is 69.9 Å². The molecule has 0 bridgehead atoms. The topological polar surface area (TPSA) is 82.7 Å². The smallest absolute Gasteiger partial charge is 0.319 e. The van der Waals surface area contributed by atoms with E-state index in [1.165, 1.54) is 0 Å². The predicted octanol–water partition coefficient (Wildman–Crippen LogP) is 3.26. The van der Waals surface area contributed by atoms with Crippen LogP contribution in [-0.2, 0) is 0 Å². The van der Waals surface area contributed by atoms with Crippen LogP contribution >= 0.6 is 0 Å². The molecule has 0 saturated heterocycles. The molecule has 29 heavy (non-hydrogen) atoms. The van der Waals surface area contributed by atoms with Gasteiger partial charge in [-0.2, -0.15) is 0 Å². The van der Waals surface area contributed by atoms with E-state index < -0.39 is 0 Å². The molecule has 2 rings (SSSR count). The Morgan fingerprint density at radius 2 is 1.76 bits per heavy atom. The number of anilines is 1. The number of nitrogens with zero attached hydrogens (tertiary/aromatic N) is 1. The van der Waals surface area contributed by atoms with Crippen molar-refractivity contribution in [2.24, 2.45) is 0 Å². The van der Waals surface area contributed by atoms with Crippen molar-refractivity contribution in [1.82, 2.24) is 15.5 Å². The van der Waals surface area contributed by atoms with Gasteiger partial charge in [-0.25, -0.2) is 4.79 Å². The molecule has 1 atom stereocenters. The van der Waals surface area contributed by atoms with Crippen LogP contribution in [0.2, 0.25) is 0 Å². The summed E-state index contributed by atoms with van der Waals surface area (Å²) in [4.78, 5) is 26.4. The molecule has 3 N–H and O–H groups in total. The molecule has 0 heterocycles. The van der Waals surface area contributed by atoms with Crippen LogP contribution in [0.4, 0.5) is 10.5 Å². The normalized spacial score (nSPS) is 11.8. The quantitative estimate of drug-likeness (QED) is 0.637. The number of nitrogens with one attached hydrogen (secondary N) is 3. The van der Waals surface area contributed by atoms with Crippen molar-refractivity contribution < 1.29 is 14.3 Å². The fraction of sp³-hybridized carbons (Fsp3) is 0.364. The van der Waals surface area contributed by atoms with E-state index in [1.54, 1.807) is 31.4 Å². The molecule has 0 saturated carbocycles. The van der Waals surface area contributed by atoms with Crippen molar-refractivity contribution >= 4 is 17.6 Å². The lowest BCUT2D eigenvalue weighted by atomic mass is 10.1. The van der Waals surface area contributed by atoms with Crippen LogP contribution in [0.25, 0.3) is 0 Å². The van der Waals surface area contributed by atoms with Gasteiger partial charge in [0.1, 0.15) is 5.75 Å². The van der Waals surface area contributed by atoms with Gasteiger partial charge in [0, 0.05) is 23.8 Å². The number of carbonyl (C=O) groups is 2. The van der Waals surface area contributed by atoms with E-state index in [-0.39, 0.29) is 24.0 Å². The summed E-state index contributed by atoms with van der Waals surface area (Å²) < 4.78 is 5.30. The maximum Gasteiger partial charge on any atom is 0.319 e. The van der Waals surface area contributed by atoms with E-state index in [9.17, 15) is 9.59 Å². The standard InChI is InChI=1S/C22H30N4O3/c1-15(2)24-22(28)25-18-11-9-16(10-12-18)21(27)23-14-20(26(3)4)17-7-6-8-19(13-17)29-5/h6-13,15,20H,14H2,1-5H3,(H,23,27)(H2,24,25,28). The van der Waals surface area contributed by atoms with Crippen LogP contribution in [0, 0.1) is 0 Å². The van der Waals surface area contributed by atoms with Gasteiger partial charge >= 0.3 is 6.03 Å². The molecule has 3 amide bonds. The zero-order valence-electron chi connectivity index (χ0n) is 17.7. The Balaban J connectivity index is 1.98. The summed E-state index contributed by atoms with van der Waals surface area (Å²) in [6.45, 7) is 4.23. The SMILES string of the molecule is COc1cccc(C(CNC(=O)c2ccc(NC(=O)NC(C)C)cc2)N(C)C)c1. The van der Waals surface area contributed by atoms with Crippen molar-refractivity contribution in [2.75, 3.05) is 33.1 Å². The summed E-state index contributed by atoms with van der Waals surface area (Å²) in [5.74, 6) is 0.614. The third kappa shape index (κ3) is 6.80. The number of carbonyl (C=O) groups excluding carboxylic acids is 2. The molecule has 1 unspecified atom stereocenters. The van der Waals surface area contributed by atoms with E-state index in [4.69, 9.17) is 4.74 Å². The number of likely N-dealkylation sites (N-methyl/N-ethyl adjacent to an activating group) is 1. The van der Waals surface area contributed by atoms with E-state index in [0.29, 0.717) is 17.8 Å². The second-order valence-corrected chi connectivity index (χ2v) is 7.30. The first kappa shape index (κ1) is 22.2. The van der Waals surface area contributed by atoms with Gasteiger partial charge < -0.3 is 25.6 Å². The lowest BCUT2D eigenvalue weighted by Gasteiger charge is -2.25. The Labute approximate surface area is 172 Å². The summed E-state index contributed by atoms with van der Waals surface area (Å²) in [6, 6.07) is 14.4. The van der Waals surface area contributed by atoms with E-state index in [0.717, 1.165) is 11.3 Å². The maximum atomic E-state index is 12.6. The van der Waals surface area contributed by atoms with E-state index in [2.05, 4.69) is 20.9 Å². The van der Waals surface area contributed by atoms with Crippen molar-refractivity contribution in [1.29, 1.82) is 0 Å². The zero-order chi connectivity index (χ0) is 21.4. The molecule has 7 heteroatoms. The third-order valence-corrected chi connectivity index (χ3v) is 4.38. The summed E-state index contributed by atoms with van der Waals surface area (Å²) in [5.41, 5.74) is 2.22. The van der Waals surface area contributed by atoms with Crippen LogP contribution in [0.3, 0.4) is 0 Å². The summed E-state index contributed by atoms with van der Waals surface area (Å²) >= 11 is 0. The van der Waals surface area contributed by atoms with Gasteiger partial charge in [0.05, 0.1) is 13.2 Å². The van der Waals surface area contributed by atoms with Crippen LogP contribution in [-0.4, -0.2) is 50.6 Å². The fourth-order valence-electron chi connectivity index (χ4n) is 2.87. The average Bonchev–Trinajstić information content (AvgIpc) is 2.67. The predicted molar refractivity (Wildman–Crippen MR) is 115 cm³/mol. The molecule has 0 aliphatic heterocycles. The first-order chi connectivity index (χ1) is 13.8. The van der Waals surface area contributed by atoms with Crippen LogP contribution in [0.1, 0.15) is 35.8 Å². The van der Waals surface area contributed by atoms with Gasteiger partial charge in [-0.15, -0.1) is 0 Å². The monoisotopic (exact) mass is 398 g/mol. The minimum atomic E-state index is -0.274. The molecule has 0 aliphatic rings. The molecule has 0 aromatic heterocycles. The Morgan fingerprint density at radius 1 is 1.07 bits per heavy atom. The number of methoxy groups -OCH3 is 1. The number of ether oxygens (including phenoxy) is 1. The highest BCUT2D eigenvalue weighted by Gasteiger charge is 2.16. The van der Waals surface area contributed by atoms with Crippen molar-refractivity contribution in [3.05, 3.63) is 59.7 Å². The van der Waals surface area contributed by atoms with Crippen molar-refractivity contribution in [3.63, 3.8) is 0 Å². The molecule has 7 nitrogen and oxygen atoms in total. The van der Waals surface area contributed by atoms with Crippen LogP contribution < -0.4 is 20.7 Å². The van der Waals surface area contributed by atoms with Crippen molar-refractivity contribution in [2.45, 2.75) is 25.9 Å². The highest BCUT2D eigenvalue weighted by Crippen LogP contribution is 2.22. The third-order valence-electron chi connectivity index (χ3n) is 4.38. The van der Waals surface area contributed by atoms with Gasteiger partial charge in [-0.3, -0.25) is 4.79 Å². The number of rotatable bonds is 8. The molecule has 0 spiro atoms. The van der Waals surface area contributed by atoms with Crippen LogP contribution in [0.15, 0.2) is 48.5 Å². The first-order valence-electron chi connectivity index (χ1n) is 9.56. The lowest BCUT2D eigenvalue weighted by Crippen LogP contribution is -2.34. The van der Waals surface area contributed by atoms with Gasteiger partial charge in [-0.1, -0.05) is 12.1 Å². The molecule has 0 fully saturated rings. The Bertz CT molecular complexity index is 819. The number of benzene rings is 2. The Kier molecular flexibility index (Phi) is 8.03. The zero-order valence-corrected chi connectivity index (χ0v) is 17.7. The number of hydrogen-bond acceptors (Lipinski definition) is 4. The summed E-state index contributed by atoms with van der Waals surface area (Å²) in [6.07, 6.45) is 0. The molecular weight excluding hydrogens is 368 g/mol. The molecular formula is C22H30N4O3. The average molecular weight is 399 g/mol. The summed E-state index contributed by atoms with van der Waals surface area (Å²) in [7, 11) is 5.58. The molecule has 0 radical (unpaired) electrons. The second-order valence-electron chi connectivity index (χ2n) is 7.30. The van der Waals surface area contributed by atoms with Crippen molar-refractivity contribution in [3.8, 4) is 5.75 Å². The van der Waals surface area contributed by atoms with Crippen LogP contribution in [0.5, 0.6) is 5.75 Å². The number of hydrogen-bond donors (Lipinski definition) is 3. The molecule has 0 aliphatic carbocycles. The van der Waals surface area contributed by atoms with Gasteiger partial charge in [0.2, 0.25) is 0 Å². The molecule has 2 aromatic rings. The number of amides is 3. The highest BCUT2D eigenvalue weighted by molar-refractivity contribution is 5.95. The highest BCUT2D eigenvalue weighted by atomic mass is 16.5. The molecule has 156 valence electrons. The van der Waals surface area contributed by atoms with Gasteiger partial charge in [0.25, 0.3) is 5.91 Å². The van der Waals surface area contributed by atoms with Gasteiger partial charge in [0.15, 0.2) is 0 Å². The summed E-state index contributed by atoms with van der Waals surface area (Å²) in [5, 5.41) is 8.47. The fourth-order valence-corrected chi connectivity index (χ4v) is 2.87. The first-order valence-corrected chi connectivity index (χ1v) is 9.56. The Morgan fingerprint density at radius 3 is 2.34 bits per heavy atom. The van der Waals surface area contributed by atoms with E-state index in [1.807, 2.05) is 52.2 Å².